The number of hydrogen-bond donors (Lipinski definition) is 2. The molecule has 2 amide bonds. The number of nitrogens with zero attached hydrogens (tertiary/aromatic N) is 1. The highest BCUT2D eigenvalue weighted by Crippen LogP contribution is 2.21. The number of anilines is 2. The summed E-state index contributed by atoms with van der Waals surface area (Å²) < 4.78 is 9.25. The Morgan fingerprint density at radius 3 is 2.10 bits per heavy atom. The van der Waals surface area contributed by atoms with Crippen molar-refractivity contribution in [3.05, 3.63) is 53.6 Å². The van der Waals surface area contributed by atoms with E-state index in [0.717, 1.165) is 18.9 Å². The molecule has 0 bridgehead atoms. The van der Waals surface area contributed by atoms with Crippen LogP contribution in [-0.2, 0) is 19.1 Å². The summed E-state index contributed by atoms with van der Waals surface area (Å²) in [6.45, 7) is 0. The smallest absolute Gasteiger partial charge is 0.339 e. The van der Waals surface area contributed by atoms with E-state index in [0.29, 0.717) is 10.6 Å². The fourth-order valence-corrected chi connectivity index (χ4v) is 2.58. The number of carbonyl (C=O) groups excluding carboxylic acids is 4. The van der Waals surface area contributed by atoms with Crippen LogP contribution in [0.5, 0.6) is 0 Å². The van der Waals surface area contributed by atoms with Gasteiger partial charge in [-0.25, -0.2) is 9.59 Å². The Morgan fingerprint density at radius 2 is 1.52 bits per heavy atom. The number of nitriles is 1. The maximum Gasteiger partial charge on any atom is 0.339 e. The zero-order chi connectivity index (χ0) is 21.4. The molecule has 0 spiro atoms. The van der Waals surface area contributed by atoms with E-state index < -0.39 is 23.8 Å². The predicted molar refractivity (Wildman–Crippen MR) is 104 cm³/mol. The minimum atomic E-state index is -1.06. The summed E-state index contributed by atoms with van der Waals surface area (Å²) in [5.41, 5.74) is 0.283. The number of nitrogens with one attached hydrogen (secondary N) is 2. The Morgan fingerprint density at radius 1 is 0.897 bits per heavy atom. The van der Waals surface area contributed by atoms with Crippen LogP contribution < -0.4 is 10.6 Å². The van der Waals surface area contributed by atoms with Gasteiger partial charge < -0.3 is 20.1 Å². The lowest BCUT2D eigenvalue weighted by Crippen LogP contribution is -2.30. The topological polar surface area (TPSA) is 135 Å². The van der Waals surface area contributed by atoms with Crippen LogP contribution in [0.3, 0.4) is 0 Å². The highest BCUT2D eigenvalue weighted by atomic mass is 32.2. The van der Waals surface area contributed by atoms with Crippen molar-refractivity contribution in [1.82, 2.24) is 0 Å². The van der Waals surface area contributed by atoms with Crippen LogP contribution in [0.1, 0.15) is 20.7 Å². The van der Waals surface area contributed by atoms with Gasteiger partial charge in [0.05, 0.1) is 31.0 Å². The van der Waals surface area contributed by atoms with Crippen molar-refractivity contribution in [3.8, 4) is 5.40 Å². The van der Waals surface area contributed by atoms with Crippen LogP contribution in [-0.4, -0.2) is 38.0 Å². The van der Waals surface area contributed by atoms with Crippen molar-refractivity contribution in [2.75, 3.05) is 24.9 Å². The van der Waals surface area contributed by atoms with Crippen molar-refractivity contribution in [2.24, 2.45) is 0 Å². The summed E-state index contributed by atoms with van der Waals surface area (Å²) in [5, 5.41) is 15.2. The number of amides is 2. The van der Waals surface area contributed by atoms with Gasteiger partial charge in [-0.3, -0.25) is 9.59 Å². The minimum absolute atomic E-state index is 0.0424. The van der Waals surface area contributed by atoms with Crippen LogP contribution in [0.4, 0.5) is 11.4 Å². The third kappa shape index (κ3) is 5.57. The van der Waals surface area contributed by atoms with Crippen LogP contribution in [0.25, 0.3) is 0 Å². The largest absolute Gasteiger partial charge is 0.465 e. The van der Waals surface area contributed by atoms with Crippen molar-refractivity contribution >= 4 is 46.9 Å². The van der Waals surface area contributed by atoms with Gasteiger partial charge in [0.1, 0.15) is 5.40 Å². The second-order valence-corrected chi connectivity index (χ2v) is 6.23. The molecule has 2 aromatic carbocycles. The molecule has 0 aliphatic rings. The second-order valence-electron chi connectivity index (χ2n) is 5.37. The summed E-state index contributed by atoms with van der Waals surface area (Å²) in [5.74, 6) is -3.50. The molecule has 0 fully saturated rings. The fourth-order valence-electron chi connectivity index (χ4n) is 2.21. The van der Waals surface area contributed by atoms with Crippen molar-refractivity contribution < 1.29 is 28.7 Å². The van der Waals surface area contributed by atoms with Crippen LogP contribution in [0, 0.1) is 10.7 Å². The van der Waals surface area contributed by atoms with E-state index in [-0.39, 0.29) is 16.8 Å². The van der Waals surface area contributed by atoms with Gasteiger partial charge in [-0.05, 0) is 54.2 Å². The maximum absolute atomic E-state index is 12.3. The number of esters is 2. The highest BCUT2D eigenvalue weighted by Gasteiger charge is 2.20. The molecule has 0 saturated carbocycles. The van der Waals surface area contributed by atoms with Gasteiger partial charge >= 0.3 is 23.8 Å². The minimum Gasteiger partial charge on any atom is -0.465 e. The molecule has 0 saturated heterocycles. The molecular formula is C19H15N3O6S. The number of methoxy groups -OCH3 is 2. The lowest BCUT2D eigenvalue weighted by atomic mass is 10.1. The average Bonchev–Trinajstić information content (AvgIpc) is 2.74. The zero-order valence-corrected chi connectivity index (χ0v) is 16.2. The monoisotopic (exact) mass is 413 g/mol. The third-order valence-corrected chi connectivity index (χ3v) is 4.18. The average molecular weight is 413 g/mol. The summed E-state index contributed by atoms with van der Waals surface area (Å²) in [4.78, 5) is 48.7. The molecule has 0 atom stereocenters. The number of benzene rings is 2. The molecule has 29 heavy (non-hydrogen) atoms. The molecule has 10 heteroatoms. The first-order valence-corrected chi connectivity index (χ1v) is 8.80. The van der Waals surface area contributed by atoms with Gasteiger partial charge in [0.2, 0.25) is 0 Å². The van der Waals surface area contributed by atoms with Crippen molar-refractivity contribution in [1.29, 1.82) is 5.26 Å². The first kappa shape index (κ1) is 21.5. The Bertz CT molecular complexity index is 998. The standard InChI is InChI=1S/C19H15N3O6S/c1-27-18(25)11-3-8-14(19(26)28-2)15(9-11)22-17(24)16(23)21-12-4-6-13(7-5-12)29-10-20/h3-9H,1-2H3,(H,21,23)(H,22,24). The number of carbonyl (C=O) groups is 4. The Labute approximate surface area is 170 Å². The van der Waals surface area contributed by atoms with Gasteiger partial charge in [-0.1, -0.05) is 0 Å². The van der Waals surface area contributed by atoms with Crippen molar-refractivity contribution in [2.45, 2.75) is 4.90 Å². The summed E-state index contributed by atoms with van der Waals surface area (Å²) in [6, 6.07) is 10.1. The van der Waals surface area contributed by atoms with Crippen molar-refractivity contribution in [3.63, 3.8) is 0 Å². The van der Waals surface area contributed by atoms with E-state index >= 15 is 0 Å². The molecule has 9 nitrogen and oxygen atoms in total. The summed E-state index contributed by atoms with van der Waals surface area (Å²) in [7, 11) is 2.34. The summed E-state index contributed by atoms with van der Waals surface area (Å²) in [6.07, 6.45) is 0. The van der Waals surface area contributed by atoms with Gasteiger partial charge in [0.25, 0.3) is 0 Å². The summed E-state index contributed by atoms with van der Waals surface area (Å²) >= 11 is 0.955. The third-order valence-electron chi connectivity index (χ3n) is 3.58. The number of rotatable bonds is 5. The van der Waals surface area contributed by atoms with Gasteiger partial charge in [0.15, 0.2) is 0 Å². The van der Waals surface area contributed by atoms with Crippen LogP contribution in [0.2, 0.25) is 0 Å². The Hall–Kier alpha value is -3.84. The molecule has 2 aromatic rings. The number of hydrogen-bond acceptors (Lipinski definition) is 8. The molecule has 2 rings (SSSR count). The number of thiocyanates is 1. The zero-order valence-electron chi connectivity index (χ0n) is 15.3. The molecule has 0 heterocycles. The quantitative estimate of drug-likeness (QED) is 0.330. The first-order chi connectivity index (χ1) is 13.9. The van der Waals surface area contributed by atoms with E-state index in [9.17, 15) is 19.2 Å². The Kier molecular flexibility index (Phi) is 7.33. The lowest BCUT2D eigenvalue weighted by molar-refractivity contribution is -0.133. The number of ether oxygens (including phenoxy) is 2. The van der Waals surface area contributed by atoms with Gasteiger partial charge in [-0.2, -0.15) is 5.26 Å². The molecule has 2 N–H and O–H groups in total. The molecule has 148 valence electrons. The van der Waals surface area contributed by atoms with E-state index in [1.807, 2.05) is 5.40 Å². The maximum atomic E-state index is 12.3. The second kappa shape index (κ2) is 9.91. The molecule has 0 radical (unpaired) electrons. The first-order valence-electron chi connectivity index (χ1n) is 7.98. The molecule has 0 aromatic heterocycles. The van der Waals surface area contributed by atoms with Crippen LogP contribution >= 0.6 is 11.8 Å². The lowest BCUT2D eigenvalue weighted by Gasteiger charge is -2.11. The normalized spacial score (nSPS) is 9.69. The molecule has 0 aliphatic heterocycles. The number of thioether (sulfide) groups is 1. The van der Waals surface area contributed by atoms with E-state index in [1.54, 1.807) is 12.1 Å². The predicted octanol–water partition coefficient (Wildman–Crippen LogP) is 2.41. The van der Waals surface area contributed by atoms with E-state index in [1.165, 1.54) is 37.4 Å². The molecule has 0 aliphatic carbocycles. The molecular weight excluding hydrogens is 398 g/mol. The van der Waals surface area contributed by atoms with E-state index in [4.69, 9.17) is 5.26 Å². The van der Waals surface area contributed by atoms with E-state index in [2.05, 4.69) is 20.1 Å². The van der Waals surface area contributed by atoms with Crippen LogP contribution in [0.15, 0.2) is 47.4 Å². The Balaban J connectivity index is 2.19. The fraction of sp³-hybridized carbons (Fsp3) is 0.105. The molecule has 0 unspecified atom stereocenters. The highest BCUT2D eigenvalue weighted by molar-refractivity contribution is 8.03. The SMILES string of the molecule is COC(=O)c1ccc(C(=O)OC)c(NC(=O)C(=O)Nc2ccc(SC#N)cc2)c1. The van der Waals surface area contributed by atoms with Gasteiger partial charge in [-0.15, -0.1) is 0 Å². The van der Waals surface area contributed by atoms with Gasteiger partial charge in [0, 0.05) is 10.6 Å².